The molecule has 3 aliphatic carbocycles. The molecule has 0 spiro atoms. The molecule has 5 N–H and O–H groups in total. The standard InChI is InChI=1S/C43H60ClN7O9/c1-9-26-21-43(26,40(54)57-8)50-38(52)30-19-28(22-51(30)39(53)37(42(4,5)6)49-41(55)60-27-17-24-16-25(24)18-27)59-32-20-34(46-13-12-33(45)47-23(2)3)48-36-29(32)10-11-31(35(36)44)58-15-14-56-7/h10-13,20,23-28,30,37H,9,14-19,21-22H2,1-8H3,(H2,45,47)(H,46,48)(H,49,55)(H,50,52)/b13-12-/t24-,25+,26-,27+,28?,30+,37-,43-/m1/s1. The summed E-state index contributed by atoms with van der Waals surface area (Å²) in [6.45, 7) is 11.9. The number of pyridine rings is 1. The third-order valence-corrected chi connectivity index (χ3v) is 12.2. The lowest BCUT2D eigenvalue weighted by Crippen LogP contribution is -2.59. The molecule has 1 unspecified atom stereocenters. The van der Waals surface area contributed by atoms with Gasteiger partial charge in [0.1, 0.15) is 64.6 Å². The van der Waals surface area contributed by atoms with E-state index in [4.69, 9.17) is 45.7 Å². The molecule has 1 aromatic carbocycles. The first-order valence-electron chi connectivity index (χ1n) is 20.9. The third-order valence-electron chi connectivity index (χ3n) is 11.8. The lowest BCUT2D eigenvalue weighted by atomic mass is 9.85. The molecular formula is C43H60ClN7O9. The van der Waals surface area contributed by atoms with Crippen LogP contribution >= 0.6 is 11.6 Å². The molecule has 17 heteroatoms. The lowest BCUT2D eigenvalue weighted by molar-refractivity contribution is -0.148. The Balaban J connectivity index is 1.31. The van der Waals surface area contributed by atoms with Crippen LogP contribution in [0.1, 0.15) is 80.1 Å². The van der Waals surface area contributed by atoms with Crippen LogP contribution in [0.5, 0.6) is 11.5 Å². The van der Waals surface area contributed by atoms with Crippen molar-refractivity contribution in [2.75, 3.05) is 39.3 Å². The minimum atomic E-state index is -1.20. The average Bonchev–Trinajstić information content (AvgIpc) is 4.00. The fourth-order valence-corrected chi connectivity index (χ4v) is 8.75. The van der Waals surface area contributed by atoms with E-state index in [1.807, 2.05) is 41.5 Å². The van der Waals surface area contributed by atoms with E-state index in [0.29, 0.717) is 59.5 Å². The van der Waals surface area contributed by atoms with Crippen molar-refractivity contribution in [1.82, 2.24) is 25.8 Å². The Kier molecular flexibility index (Phi) is 13.7. The Morgan fingerprint density at radius 2 is 1.77 bits per heavy atom. The zero-order chi connectivity index (χ0) is 43.5. The molecule has 0 bridgehead atoms. The average molecular weight is 854 g/mol. The summed E-state index contributed by atoms with van der Waals surface area (Å²) in [5.74, 6) is 0.820. The molecule has 2 heterocycles. The van der Waals surface area contributed by atoms with Gasteiger partial charge in [0.25, 0.3) is 0 Å². The number of likely N-dealkylation sites (tertiary alicyclic amines) is 1. The number of ether oxygens (including phenoxy) is 5. The maximum absolute atomic E-state index is 14.8. The van der Waals surface area contributed by atoms with E-state index in [1.54, 1.807) is 37.6 Å². The van der Waals surface area contributed by atoms with E-state index in [0.717, 1.165) is 12.8 Å². The molecule has 1 aromatic heterocycles. The summed E-state index contributed by atoms with van der Waals surface area (Å²) in [7, 11) is 2.86. The van der Waals surface area contributed by atoms with E-state index < -0.39 is 53.0 Å². The number of carbonyl (C=O) groups is 4. The highest BCUT2D eigenvalue weighted by atomic mass is 35.5. The number of fused-ring (bicyclic) bond motifs is 2. The molecule has 8 atom stereocenters. The summed E-state index contributed by atoms with van der Waals surface area (Å²) in [4.78, 5) is 61.7. The maximum atomic E-state index is 14.8. The van der Waals surface area contributed by atoms with Gasteiger partial charge in [0.15, 0.2) is 0 Å². The molecule has 4 fully saturated rings. The van der Waals surface area contributed by atoms with Crippen molar-refractivity contribution in [3.05, 3.63) is 35.5 Å². The third kappa shape index (κ3) is 10.2. The van der Waals surface area contributed by atoms with Crippen LogP contribution in [0.3, 0.4) is 0 Å². The number of anilines is 1. The summed E-state index contributed by atoms with van der Waals surface area (Å²) in [5.41, 5.74) is -1.61. The number of benzene rings is 1. The second kappa shape index (κ2) is 18.4. The lowest BCUT2D eigenvalue weighted by Gasteiger charge is -2.35. The van der Waals surface area contributed by atoms with Gasteiger partial charge in [0.2, 0.25) is 11.8 Å². The van der Waals surface area contributed by atoms with Crippen molar-refractivity contribution in [1.29, 1.82) is 5.41 Å². The van der Waals surface area contributed by atoms with E-state index in [1.165, 1.54) is 18.4 Å². The van der Waals surface area contributed by atoms with Gasteiger partial charge in [-0.25, -0.2) is 14.6 Å². The smallest absolute Gasteiger partial charge is 0.408 e. The van der Waals surface area contributed by atoms with E-state index in [9.17, 15) is 19.2 Å². The predicted octanol–water partition coefficient (Wildman–Crippen LogP) is 5.56. The molecule has 60 heavy (non-hydrogen) atoms. The molecule has 6 rings (SSSR count). The van der Waals surface area contributed by atoms with Gasteiger partial charge in [0.05, 0.1) is 25.8 Å². The molecule has 16 nitrogen and oxygen atoms in total. The Labute approximate surface area is 356 Å². The topological polar surface area (TPSA) is 203 Å². The van der Waals surface area contributed by atoms with Gasteiger partial charge in [0, 0.05) is 37.2 Å². The van der Waals surface area contributed by atoms with Gasteiger partial charge in [-0.15, -0.1) is 0 Å². The summed E-state index contributed by atoms with van der Waals surface area (Å²) >= 11 is 6.90. The molecule has 3 amide bonds. The molecule has 1 aliphatic heterocycles. The SMILES string of the molecule is CC[C@@H]1C[C@]1(NC(=O)[C@@H]1CC(Oc2cc(N/C=C\C(=N)NC(C)C)nc3c(Cl)c(OCCOC)ccc23)CN1C(=O)[C@@H](NC(=O)O[C@@H]1C[C@@H]2C[C@@H]2C1)C(C)(C)C)C(=O)OC. The zero-order valence-corrected chi connectivity index (χ0v) is 36.6. The number of alkyl carbamates (subject to hydrolysis) is 1. The minimum Gasteiger partial charge on any atom is -0.490 e. The van der Waals surface area contributed by atoms with Crippen LogP contribution in [0, 0.1) is 28.6 Å². The number of carbonyl (C=O) groups excluding carboxylic acids is 4. The Morgan fingerprint density at radius 1 is 1.03 bits per heavy atom. The predicted molar refractivity (Wildman–Crippen MR) is 226 cm³/mol. The van der Waals surface area contributed by atoms with Crippen molar-refractivity contribution in [2.45, 2.75) is 116 Å². The number of methoxy groups -OCH3 is 2. The van der Waals surface area contributed by atoms with E-state index >= 15 is 0 Å². The van der Waals surface area contributed by atoms with Crippen molar-refractivity contribution in [2.24, 2.45) is 23.2 Å². The van der Waals surface area contributed by atoms with Crippen LogP contribution in [0.15, 0.2) is 30.5 Å². The van der Waals surface area contributed by atoms with Crippen molar-refractivity contribution < 1.29 is 42.9 Å². The normalized spacial score (nSPS) is 26.0. The molecule has 3 saturated carbocycles. The molecule has 0 radical (unpaired) electrons. The quantitative estimate of drug-likeness (QED) is 0.0575. The summed E-state index contributed by atoms with van der Waals surface area (Å²) in [5, 5.41) is 20.9. The maximum Gasteiger partial charge on any atom is 0.408 e. The number of rotatable bonds is 17. The molecule has 328 valence electrons. The largest absolute Gasteiger partial charge is 0.490 e. The second-order valence-corrected chi connectivity index (χ2v) is 18.1. The highest BCUT2D eigenvalue weighted by Crippen LogP contribution is 2.52. The number of halogens is 1. The van der Waals surface area contributed by atoms with Gasteiger partial charge in [-0.3, -0.25) is 15.0 Å². The summed E-state index contributed by atoms with van der Waals surface area (Å²) in [6, 6.07) is 3.10. The number of hydrogen-bond donors (Lipinski definition) is 5. The van der Waals surface area contributed by atoms with Gasteiger partial charge < -0.3 is 49.9 Å². The Hall–Kier alpha value is -4.83. The first-order valence-corrected chi connectivity index (χ1v) is 21.2. The van der Waals surface area contributed by atoms with Crippen LogP contribution < -0.4 is 30.7 Å². The molecule has 4 aliphatic rings. The highest BCUT2D eigenvalue weighted by molar-refractivity contribution is 6.36. The van der Waals surface area contributed by atoms with Crippen LogP contribution in [-0.4, -0.2) is 109 Å². The van der Waals surface area contributed by atoms with Crippen molar-refractivity contribution in [3.63, 3.8) is 0 Å². The first kappa shape index (κ1) is 44.7. The number of esters is 1. The zero-order valence-electron chi connectivity index (χ0n) is 35.8. The molecule has 1 saturated heterocycles. The monoisotopic (exact) mass is 853 g/mol. The van der Waals surface area contributed by atoms with E-state index in [-0.39, 0.29) is 48.5 Å². The van der Waals surface area contributed by atoms with Gasteiger partial charge >= 0.3 is 12.1 Å². The van der Waals surface area contributed by atoms with Gasteiger partial charge in [-0.2, -0.15) is 0 Å². The van der Waals surface area contributed by atoms with Crippen LogP contribution in [0.25, 0.3) is 10.9 Å². The molecular weight excluding hydrogens is 794 g/mol. The number of amides is 3. The number of nitrogens with one attached hydrogen (secondary N) is 5. The summed E-state index contributed by atoms with van der Waals surface area (Å²) in [6.07, 6.45) is 5.47. The first-order chi connectivity index (χ1) is 28.5. The number of amidine groups is 1. The molecule has 2 aromatic rings. The minimum absolute atomic E-state index is 0.0227. The number of nitrogens with zero attached hydrogens (tertiary/aromatic N) is 2. The van der Waals surface area contributed by atoms with Gasteiger partial charge in [-0.1, -0.05) is 45.7 Å². The van der Waals surface area contributed by atoms with Crippen LogP contribution in [0.4, 0.5) is 10.6 Å². The van der Waals surface area contributed by atoms with E-state index in [2.05, 4.69) is 21.3 Å². The van der Waals surface area contributed by atoms with Crippen molar-refractivity contribution >= 4 is 58.0 Å². The fourth-order valence-electron chi connectivity index (χ4n) is 8.49. The second-order valence-electron chi connectivity index (χ2n) is 17.8. The van der Waals surface area contributed by atoms with Crippen LogP contribution in [0.2, 0.25) is 5.02 Å². The Morgan fingerprint density at radius 3 is 2.40 bits per heavy atom. The highest BCUT2D eigenvalue weighted by Gasteiger charge is 2.62. The van der Waals surface area contributed by atoms with Crippen molar-refractivity contribution in [3.8, 4) is 11.5 Å². The van der Waals surface area contributed by atoms with Gasteiger partial charge in [-0.05, 0) is 80.9 Å². The van der Waals surface area contributed by atoms with Crippen LogP contribution in [-0.2, 0) is 28.6 Å². The number of aromatic nitrogens is 1. The Bertz CT molecular complexity index is 1980. The summed E-state index contributed by atoms with van der Waals surface area (Å²) < 4.78 is 28.6. The fraction of sp³-hybridized carbons (Fsp3) is 0.628. The number of hydrogen-bond acceptors (Lipinski definition) is 12.